The highest BCUT2D eigenvalue weighted by Crippen LogP contribution is 2.13. The molecule has 0 aliphatic carbocycles. The second-order valence-electron chi connectivity index (χ2n) is 2.97. The zero-order chi connectivity index (χ0) is 13.1. The highest BCUT2D eigenvalue weighted by Gasteiger charge is 2.38. The summed E-state index contributed by atoms with van der Waals surface area (Å²) in [6, 6.07) is 0. The number of ether oxygens (including phenoxy) is 3. The van der Waals surface area contributed by atoms with Crippen molar-refractivity contribution in [1.82, 2.24) is 5.32 Å². The summed E-state index contributed by atoms with van der Waals surface area (Å²) >= 11 is 0. The van der Waals surface area contributed by atoms with Crippen molar-refractivity contribution in [2.24, 2.45) is 0 Å². The first kappa shape index (κ1) is 16.1. The highest BCUT2D eigenvalue weighted by atomic mass is 19.4. The lowest BCUT2D eigenvalue weighted by Crippen LogP contribution is -2.38. The van der Waals surface area contributed by atoms with Crippen molar-refractivity contribution < 1.29 is 32.2 Å². The van der Waals surface area contributed by atoms with Gasteiger partial charge < -0.3 is 19.5 Å². The van der Waals surface area contributed by atoms with Gasteiger partial charge in [-0.15, -0.1) is 0 Å². The minimum atomic E-state index is -4.84. The van der Waals surface area contributed by atoms with Gasteiger partial charge in [-0.2, -0.15) is 13.2 Å². The van der Waals surface area contributed by atoms with Crippen LogP contribution in [0.4, 0.5) is 13.2 Å². The van der Waals surface area contributed by atoms with E-state index in [9.17, 15) is 18.0 Å². The Morgan fingerprint density at radius 2 is 1.59 bits per heavy atom. The van der Waals surface area contributed by atoms with Crippen molar-refractivity contribution in [3.05, 3.63) is 0 Å². The number of alkyl halides is 3. The molecule has 0 fully saturated rings. The SMILES string of the molecule is COCCOCCOCCNC(=O)C(F)(F)F. The van der Waals surface area contributed by atoms with Crippen LogP contribution in [0.2, 0.25) is 0 Å². The molecule has 0 unspecified atom stereocenters. The highest BCUT2D eigenvalue weighted by molar-refractivity contribution is 5.81. The molecule has 0 aromatic heterocycles. The van der Waals surface area contributed by atoms with Gasteiger partial charge in [0.05, 0.1) is 33.0 Å². The predicted molar refractivity (Wildman–Crippen MR) is 52.6 cm³/mol. The average Bonchev–Trinajstić information content (AvgIpc) is 2.25. The number of halogens is 3. The zero-order valence-corrected chi connectivity index (χ0v) is 9.51. The van der Waals surface area contributed by atoms with E-state index >= 15 is 0 Å². The van der Waals surface area contributed by atoms with Gasteiger partial charge in [0.2, 0.25) is 0 Å². The quantitative estimate of drug-likeness (QED) is 0.607. The van der Waals surface area contributed by atoms with Gasteiger partial charge in [-0.1, -0.05) is 0 Å². The number of hydrogen-bond donors (Lipinski definition) is 1. The molecule has 0 aliphatic rings. The molecule has 0 heterocycles. The topological polar surface area (TPSA) is 56.8 Å². The fraction of sp³-hybridized carbons (Fsp3) is 0.889. The van der Waals surface area contributed by atoms with Crippen molar-refractivity contribution in [2.75, 3.05) is 46.7 Å². The van der Waals surface area contributed by atoms with Gasteiger partial charge in [0.25, 0.3) is 0 Å². The fourth-order valence-electron chi connectivity index (χ4n) is 0.801. The van der Waals surface area contributed by atoms with E-state index in [2.05, 4.69) is 0 Å². The Labute approximate surface area is 97.2 Å². The van der Waals surface area contributed by atoms with Crippen molar-refractivity contribution in [3.63, 3.8) is 0 Å². The smallest absolute Gasteiger partial charge is 0.382 e. The van der Waals surface area contributed by atoms with Gasteiger partial charge in [-0.3, -0.25) is 4.79 Å². The molecule has 5 nitrogen and oxygen atoms in total. The van der Waals surface area contributed by atoms with E-state index in [-0.39, 0.29) is 19.8 Å². The zero-order valence-electron chi connectivity index (χ0n) is 9.51. The lowest BCUT2D eigenvalue weighted by atomic mass is 10.5. The summed E-state index contributed by atoms with van der Waals surface area (Å²) in [4.78, 5) is 10.3. The van der Waals surface area contributed by atoms with E-state index in [1.54, 1.807) is 12.4 Å². The van der Waals surface area contributed by atoms with Gasteiger partial charge in [0.1, 0.15) is 0 Å². The maximum absolute atomic E-state index is 11.7. The molecule has 1 amide bonds. The normalized spacial score (nSPS) is 11.5. The van der Waals surface area contributed by atoms with Gasteiger partial charge in [0, 0.05) is 13.7 Å². The molecule has 0 bridgehead atoms. The number of methoxy groups -OCH3 is 1. The summed E-state index contributed by atoms with van der Waals surface area (Å²) in [5.74, 6) is -1.96. The van der Waals surface area contributed by atoms with Crippen LogP contribution < -0.4 is 5.32 Å². The van der Waals surface area contributed by atoms with Crippen LogP contribution in [0, 0.1) is 0 Å². The molecule has 0 rings (SSSR count). The third-order valence-electron chi connectivity index (χ3n) is 1.59. The van der Waals surface area contributed by atoms with Crippen LogP contribution in [-0.4, -0.2) is 58.8 Å². The number of rotatable bonds is 9. The molecule has 0 spiro atoms. The molecule has 0 aromatic rings. The number of carbonyl (C=O) groups excluding carboxylic acids is 1. The Morgan fingerprint density at radius 3 is 2.12 bits per heavy atom. The van der Waals surface area contributed by atoms with Crippen molar-refractivity contribution in [3.8, 4) is 0 Å². The van der Waals surface area contributed by atoms with Crippen molar-refractivity contribution >= 4 is 5.91 Å². The molecule has 0 atom stereocenters. The molecule has 0 saturated heterocycles. The van der Waals surface area contributed by atoms with E-state index in [1.165, 1.54) is 0 Å². The first-order valence-corrected chi connectivity index (χ1v) is 4.98. The maximum atomic E-state index is 11.7. The minimum absolute atomic E-state index is 0.00938. The lowest BCUT2D eigenvalue weighted by Gasteiger charge is -2.08. The predicted octanol–water partition coefficient (Wildman–Crippen LogP) is 0.345. The number of nitrogens with one attached hydrogen (secondary N) is 1. The summed E-state index contributed by atoms with van der Waals surface area (Å²) in [5.41, 5.74) is 0. The van der Waals surface area contributed by atoms with E-state index in [1.807, 2.05) is 0 Å². The summed E-state index contributed by atoms with van der Waals surface area (Å²) in [6.45, 7) is 1.32. The van der Waals surface area contributed by atoms with Gasteiger partial charge >= 0.3 is 12.1 Å². The Kier molecular flexibility index (Phi) is 8.73. The summed E-state index contributed by atoms with van der Waals surface area (Å²) in [5, 5.41) is 1.68. The van der Waals surface area contributed by atoms with E-state index < -0.39 is 12.1 Å². The Morgan fingerprint density at radius 1 is 1.06 bits per heavy atom. The molecule has 0 saturated carbocycles. The van der Waals surface area contributed by atoms with Gasteiger partial charge in [-0.05, 0) is 0 Å². The molecule has 1 N–H and O–H groups in total. The first-order chi connectivity index (χ1) is 7.98. The molecule has 8 heteroatoms. The van der Waals surface area contributed by atoms with E-state index in [4.69, 9.17) is 14.2 Å². The second kappa shape index (κ2) is 9.20. The first-order valence-electron chi connectivity index (χ1n) is 4.98. The number of hydrogen-bond acceptors (Lipinski definition) is 4. The third kappa shape index (κ3) is 10.0. The molecular formula is C9H16F3NO4. The molecule has 0 radical (unpaired) electrons. The Bertz CT molecular complexity index is 211. The second-order valence-corrected chi connectivity index (χ2v) is 2.97. The molecule has 0 aromatic carbocycles. The standard InChI is InChI=1S/C9H16F3NO4/c1-15-4-5-17-7-6-16-3-2-13-8(14)9(10,11)12/h2-7H2,1H3,(H,13,14). The largest absolute Gasteiger partial charge is 0.471 e. The molecule has 0 aliphatic heterocycles. The van der Waals surface area contributed by atoms with Crippen molar-refractivity contribution in [1.29, 1.82) is 0 Å². The lowest BCUT2D eigenvalue weighted by molar-refractivity contribution is -0.173. The summed E-state index contributed by atoms with van der Waals surface area (Å²) in [6.07, 6.45) is -4.84. The van der Waals surface area contributed by atoms with Crippen LogP contribution in [0.5, 0.6) is 0 Å². The van der Waals surface area contributed by atoms with Crippen molar-refractivity contribution in [2.45, 2.75) is 6.18 Å². The summed E-state index contributed by atoms with van der Waals surface area (Å²) in [7, 11) is 1.54. The van der Waals surface area contributed by atoms with Crippen LogP contribution in [-0.2, 0) is 19.0 Å². The number of carbonyl (C=O) groups is 1. The Balaban J connectivity index is 3.22. The van der Waals surface area contributed by atoms with Gasteiger partial charge in [0.15, 0.2) is 0 Å². The van der Waals surface area contributed by atoms with Crippen LogP contribution in [0.25, 0.3) is 0 Å². The molecular weight excluding hydrogens is 243 g/mol. The minimum Gasteiger partial charge on any atom is -0.382 e. The van der Waals surface area contributed by atoms with Crippen LogP contribution >= 0.6 is 0 Å². The number of amides is 1. The van der Waals surface area contributed by atoms with E-state index in [0.29, 0.717) is 19.8 Å². The average molecular weight is 259 g/mol. The molecule has 102 valence electrons. The summed E-state index contributed by atoms with van der Waals surface area (Å²) < 4.78 is 49.8. The fourth-order valence-corrected chi connectivity index (χ4v) is 0.801. The maximum Gasteiger partial charge on any atom is 0.471 e. The Hall–Kier alpha value is -0.860. The van der Waals surface area contributed by atoms with Crippen LogP contribution in [0.3, 0.4) is 0 Å². The monoisotopic (exact) mass is 259 g/mol. The van der Waals surface area contributed by atoms with E-state index in [0.717, 1.165) is 0 Å². The van der Waals surface area contributed by atoms with Gasteiger partial charge in [-0.25, -0.2) is 0 Å². The van der Waals surface area contributed by atoms with Crippen LogP contribution in [0.1, 0.15) is 0 Å². The molecule has 17 heavy (non-hydrogen) atoms. The van der Waals surface area contributed by atoms with Crippen LogP contribution in [0.15, 0.2) is 0 Å². The third-order valence-corrected chi connectivity index (χ3v) is 1.59.